The Labute approximate surface area is 143 Å². The van der Waals surface area contributed by atoms with Gasteiger partial charge in [0.25, 0.3) is 5.89 Å². The third-order valence-corrected chi connectivity index (χ3v) is 3.64. The Bertz CT molecular complexity index is 1050. The van der Waals surface area contributed by atoms with E-state index >= 15 is 0 Å². The largest absolute Gasteiger partial charge is 0.334 e. The van der Waals surface area contributed by atoms with Crippen molar-refractivity contribution in [2.45, 2.75) is 0 Å². The lowest BCUT2D eigenvalue weighted by Crippen LogP contribution is -1.87. The Morgan fingerprint density at radius 1 is 0.880 bits per heavy atom. The molecule has 0 aliphatic heterocycles. The molecule has 25 heavy (non-hydrogen) atoms. The van der Waals surface area contributed by atoms with Crippen molar-refractivity contribution in [2.75, 3.05) is 0 Å². The first kappa shape index (κ1) is 14.7. The molecule has 3 heterocycles. The molecule has 0 saturated heterocycles. The van der Waals surface area contributed by atoms with Crippen LogP contribution < -0.4 is 0 Å². The summed E-state index contributed by atoms with van der Waals surface area (Å²) in [6, 6.07) is 16.9. The first-order chi connectivity index (χ1) is 12.3. The first-order valence-electron chi connectivity index (χ1n) is 7.54. The molecule has 0 atom stereocenters. The molecule has 118 valence electrons. The van der Waals surface area contributed by atoms with Gasteiger partial charge in [0.15, 0.2) is 0 Å². The average Bonchev–Trinajstić information content (AvgIpc) is 3.19. The minimum atomic E-state index is 0.341. The SMILES string of the molecule is N#Cc1cc(-c2ccncc2)cc(-c2nc(-c3ccccn3)no2)c1. The van der Waals surface area contributed by atoms with Crippen LogP contribution in [0.15, 0.2) is 71.6 Å². The van der Waals surface area contributed by atoms with Gasteiger partial charge >= 0.3 is 0 Å². The smallest absolute Gasteiger partial charge is 0.258 e. The molecule has 0 amide bonds. The van der Waals surface area contributed by atoms with Crippen molar-refractivity contribution >= 4 is 0 Å². The number of nitriles is 1. The van der Waals surface area contributed by atoms with Gasteiger partial charge in [-0.3, -0.25) is 9.97 Å². The van der Waals surface area contributed by atoms with E-state index < -0.39 is 0 Å². The van der Waals surface area contributed by atoms with Gasteiger partial charge in [-0.15, -0.1) is 0 Å². The van der Waals surface area contributed by atoms with Crippen LogP contribution in [-0.4, -0.2) is 20.1 Å². The highest BCUT2D eigenvalue weighted by molar-refractivity contribution is 5.72. The van der Waals surface area contributed by atoms with Crippen LogP contribution in [0.5, 0.6) is 0 Å². The van der Waals surface area contributed by atoms with E-state index in [-0.39, 0.29) is 0 Å². The van der Waals surface area contributed by atoms with Gasteiger partial charge < -0.3 is 4.52 Å². The van der Waals surface area contributed by atoms with Crippen LogP contribution in [0, 0.1) is 11.3 Å². The fourth-order valence-corrected chi connectivity index (χ4v) is 2.47. The third-order valence-electron chi connectivity index (χ3n) is 3.64. The summed E-state index contributed by atoms with van der Waals surface area (Å²) in [7, 11) is 0. The molecule has 0 saturated carbocycles. The molecule has 0 fully saturated rings. The molecule has 1 aromatic carbocycles. The van der Waals surface area contributed by atoms with Crippen LogP contribution in [0.4, 0.5) is 0 Å². The van der Waals surface area contributed by atoms with Crippen molar-refractivity contribution in [3.05, 3.63) is 72.7 Å². The Morgan fingerprint density at radius 3 is 2.48 bits per heavy atom. The Kier molecular flexibility index (Phi) is 3.73. The molecule has 0 spiro atoms. The van der Waals surface area contributed by atoms with E-state index in [0.717, 1.165) is 11.1 Å². The summed E-state index contributed by atoms with van der Waals surface area (Å²) in [5.74, 6) is 0.747. The highest BCUT2D eigenvalue weighted by Gasteiger charge is 2.13. The predicted molar refractivity (Wildman–Crippen MR) is 90.9 cm³/mol. The maximum absolute atomic E-state index is 9.32. The van der Waals surface area contributed by atoms with E-state index in [4.69, 9.17) is 4.52 Å². The molecule has 6 nitrogen and oxygen atoms in total. The van der Waals surface area contributed by atoms with E-state index in [9.17, 15) is 5.26 Å². The number of hydrogen-bond donors (Lipinski definition) is 0. The molecular formula is C19H11N5O. The summed E-state index contributed by atoms with van der Waals surface area (Å²) in [6.45, 7) is 0. The number of pyridine rings is 2. The molecule has 0 N–H and O–H groups in total. The minimum absolute atomic E-state index is 0.341. The second-order valence-corrected chi connectivity index (χ2v) is 5.28. The van der Waals surface area contributed by atoms with E-state index in [0.29, 0.717) is 28.5 Å². The summed E-state index contributed by atoms with van der Waals surface area (Å²) in [4.78, 5) is 12.6. The fraction of sp³-hybridized carbons (Fsp3) is 0. The lowest BCUT2D eigenvalue weighted by molar-refractivity contribution is 0.432. The number of nitrogens with zero attached hydrogens (tertiary/aromatic N) is 5. The summed E-state index contributed by atoms with van der Waals surface area (Å²) >= 11 is 0. The van der Waals surface area contributed by atoms with Gasteiger partial charge in [-0.1, -0.05) is 11.2 Å². The normalized spacial score (nSPS) is 10.4. The maximum Gasteiger partial charge on any atom is 0.258 e. The Hall–Kier alpha value is -3.85. The highest BCUT2D eigenvalue weighted by Crippen LogP contribution is 2.28. The summed E-state index contributed by atoms with van der Waals surface area (Å²) in [6.07, 6.45) is 5.09. The maximum atomic E-state index is 9.32. The minimum Gasteiger partial charge on any atom is -0.334 e. The number of rotatable bonds is 3. The van der Waals surface area contributed by atoms with Crippen molar-refractivity contribution in [2.24, 2.45) is 0 Å². The molecule has 4 rings (SSSR count). The summed E-state index contributed by atoms with van der Waals surface area (Å²) < 4.78 is 5.37. The van der Waals surface area contributed by atoms with Gasteiger partial charge in [0.2, 0.25) is 5.82 Å². The fourth-order valence-electron chi connectivity index (χ4n) is 2.47. The third kappa shape index (κ3) is 2.99. The van der Waals surface area contributed by atoms with Gasteiger partial charge in [-0.2, -0.15) is 10.2 Å². The van der Waals surface area contributed by atoms with Crippen LogP contribution in [-0.2, 0) is 0 Å². The summed E-state index contributed by atoms with van der Waals surface area (Å²) in [5.41, 5.74) is 3.66. The molecule has 3 aromatic heterocycles. The van der Waals surface area contributed by atoms with E-state index in [1.54, 1.807) is 24.7 Å². The lowest BCUT2D eigenvalue weighted by atomic mass is 10.0. The molecule has 0 unspecified atom stereocenters. The van der Waals surface area contributed by atoms with Crippen LogP contribution in [0.1, 0.15) is 5.56 Å². The van der Waals surface area contributed by atoms with Crippen molar-refractivity contribution in [1.82, 2.24) is 20.1 Å². The zero-order chi connectivity index (χ0) is 17.1. The topological polar surface area (TPSA) is 88.5 Å². The van der Waals surface area contributed by atoms with Crippen LogP contribution in [0.3, 0.4) is 0 Å². The first-order valence-corrected chi connectivity index (χ1v) is 7.54. The van der Waals surface area contributed by atoms with E-state index in [1.807, 2.05) is 42.5 Å². The van der Waals surface area contributed by atoms with Gasteiger partial charge in [0.1, 0.15) is 5.69 Å². The van der Waals surface area contributed by atoms with Crippen LogP contribution in [0.2, 0.25) is 0 Å². The molecule has 0 bridgehead atoms. The van der Waals surface area contributed by atoms with Crippen LogP contribution >= 0.6 is 0 Å². The second kappa shape index (κ2) is 6.34. The van der Waals surface area contributed by atoms with Gasteiger partial charge in [0, 0.05) is 24.2 Å². The quantitative estimate of drug-likeness (QED) is 0.570. The Balaban J connectivity index is 1.79. The number of aromatic nitrogens is 4. The second-order valence-electron chi connectivity index (χ2n) is 5.28. The molecule has 0 aliphatic carbocycles. The monoisotopic (exact) mass is 325 g/mol. The zero-order valence-electron chi connectivity index (χ0n) is 13.0. The zero-order valence-corrected chi connectivity index (χ0v) is 13.0. The predicted octanol–water partition coefficient (Wildman–Crippen LogP) is 3.73. The van der Waals surface area contributed by atoms with Crippen molar-refractivity contribution in [3.8, 4) is 40.2 Å². The molecule has 0 radical (unpaired) electrons. The lowest BCUT2D eigenvalue weighted by Gasteiger charge is -2.04. The standard InChI is InChI=1S/C19H11N5O/c20-12-13-9-15(14-4-7-21-8-5-14)11-16(10-13)19-23-18(24-25-19)17-3-1-2-6-22-17/h1-11H. The molecule has 4 aromatic rings. The van der Waals surface area contributed by atoms with Crippen molar-refractivity contribution in [3.63, 3.8) is 0 Å². The van der Waals surface area contributed by atoms with E-state index in [1.165, 1.54) is 0 Å². The number of benzene rings is 1. The number of hydrogen-bond acceptors (Lipinski definition) is 6. The average molecular weight is 325 g/mol. The Morgan fingerprint density at radius 2 is 1.72 bits per heavy atom. The van der Waals surface area contributed by atoms with Crippen molar-refractivity contribution in [1.29, 1.82) is 5.26 Å². The van der Waals surface area contributed by atoms with Gasteiger partial charge in [-0.05, 0) is 53.6 Å². The molecular weight excluding hydrogens is 314 g/mol. The van der Waals surface area contributed by atoms with Crippen LogP contribution in [0.25, 0.3) is 34.1 Å². The highest BCUT2D eigenvalue weighted by atomic mass is 16.5. The summed E-state index contributed by atoms with van der Waals surface area (Å²) in [5, 5.41) is 13.3. The van der Waals surface area contributed by atoms with Gasteiger partial charge in [-0.25, -0.2) is 0 Å². The molecule has 0 aliphatic rings. The van der Waals surface area contributed by atoms with Gasteiger partial charge in [0.05, 0.1) is 11.6 Å². The van der Waals surface area contributed by atoms with E-state index in [2.05, 4.69) is 26.2 Å². The van der Waals surface area contributed by atoms with Crippen molar-refractivity contribution < 1.29 is 4.52 Å². The molecule has 6 heteroatoms.